The Hall–Kier alpha value is -2.15. The summed E-state index contributed by atoms with van der Waals surface area (Å²) in [5.41, 5.74) is 7.73. The third kappa shape index (κ3) is 3.48. The maximum Gasteiger partial charge on any atom is 0.220 e. The summed E-state index contributed by atoms with van der Waals surface area (Å²) in [7, 11) is 1.92. The quantitative estimate of drug-likeness (QED) is 0.428. The molecule has 146 valence electrons. The van der Waals surface area contributed by atoms with E-state index in [0.717, 1.165) is 16.5 Å². The van der Waals surface area contributed by atoms with Gasteiger partial charge < -0.3 is 0 Å². The molecular formula is C27H34N+. The van der Waals surface area contributed by atoms with E-state index in [9.17, 15) is 0 Å². The van der Waals surface area contributed by atoms with Crippen LogP contribution < -0.4 is 4.57 Å². The summed E-state index contributed by atoms with van der Waals surface area (Å²) in [6, 6.07) is 11.4. The van der Waals surface area contributed by atoms with Crippen molar-refractivity contribution in [3.05, 3.63) is 64.8 Å². The molecule has 2 aromatic carbocycles. The number of hydrogen-bond acceptors (Lipinski definition) is 0. The van der Waals surface area contributed by atoms with Crippen LogP contribution in [0.1, 0.15) is 70.4 Å². The van der Waals surface area contributed by atoms with Crippen molar-refractivity contribution in [3.63, 3.8) is 0 Å². The minimum Gasteiger partial charge on any atom is -0.200 e. The Kier molecular flexibility index (Phi) is 4.21. The average Bonchev–Trinajstić information content (AvgIpc) is 2.70. The molecule has 0 amide bonds. The van der Waals surface area contributed by atoms with Gasteiger partial charge in [-0.2, -0.15) is 0 Å². The highest BCUT2D eigenvalue weighted by molar-refractivity contribution is 5.94. The number of hydrogen-bond donors (Lipinski definition) is 0. The van der Waals surface area contributed by atoms with Crippen LogP contribution in [0.4, 0.5) is 0 Å². The van der Waals surface area contributed by atoms with Crippen LogP contribution in [-0.2, 0) is 7.05 Å². The third-order valence-electron chi connectivity index (χ3n) is 6.87. The van der Waals surface area contributed by atoms with Gasteiger partial charge in [-0.05, 0) is 92.0 Å². The molecule has 1 aliphatic rings. The van der Waals surface area contributed by atoms with E-state index in [1.165, 1.54) is 53.5 Å². The molecule has 0 atom stereocenters. The fourth-order valence-corrected chi connectivity index (χ4v) is 4.85. The zero-order chi connectivity index (χ0) is 21.8. The molecule has 0 unspecified atom stereocenters. The number of benzene rings is 2. The molecule has 0 N–H and O–H groups in total. The van der Waals surface area contributed by atoms with Crippen LogP contribution in [0.25, 0.3) is 22.0 Å². The molecular weight excluding hydrogens is 338 g/mol. The van der Waals surface area contributed by atoms with Crippen molar-refractivity contribution in [1.29, 1.82) is 0 Å². The number of aryl methyl sites for hydroxylation is 2. The zero-order valence-electron chi connectivity index (χ0n) is 20.2. The molecule has 1 saturated carbocycles. The number of nitrogens with zero attached hydrogens (tertiary/aromatic N) is 1. The molecule has 0 radical (unpaired) electrons. The van der Waals surface area contributed by atoms with Crippen molar-refractivity contribution in [1.82, 2.24) is 0 Å². The second-order valence-corrected chi connectivity index (χ2v) is 9.64. The number of aromatic nitrogens is 1. The summed E-state index contributed by atoms with van der Waals surface area (Å²) in [5, 5.41) is 1.99. The minimum absolute atomic E-state index is 0.276. The standard InChI is InChI=1S/C27H34N/c1-18-15-19(2)20(3)25(16-18)26-24-8-7-22(17-23(24)11-14-28(26)6)21-9-12-27(4,5)13-10-21/h7-8,11,14-17,21H,9-10,12-13H2,1-6H3/q+1/i11D,14D. The van der Waals surface area contributed by atoms with Crippen molar-refractivity contribution in [3.8, 4) is 11.3 Å². The van der Waals surface area contributed by atoms with Crippen molar-refractivity contribution >= 4 is 10.8 Å². The van der Waals surface area contributed by atoms with E-state index in [1.807, 2.05) is 11.6 Å². The van der Waals surface area contributed by atoms with Gasteiger partial charge in [0.05, 0.1) is 12.3 Å². The van der Waals surface area contributed by atoms with E-state index < -0.39 is 0 Å². The molecule has 0 aliphatic heterocycles. The fraction of sp³-hybridized carbons (Fsp3) is 0.444. The zero-order valence-corrected chi connectivity index (χ0v) is 18.2. The monoisotopic (exact) mass is 374 g/mol. The van der Waals surface area contributed by atoms with Gasteiger partial charge in [0.1, 0.15) is 8.42 Å². The van der Waals surface area contributed by atoms with Gasteiger partial charge in [-0.1, -0.05) is 37.6 Å². The first-order valence-electron chi connectivity index (χ1n) is 11.6. The first-order valence-corrected chi connectivity index (χ1v) is 10.6. The largest absolute Gasteiger partial charge is 0.220 e. The van der Waals surface area contributed by atoms with E-state index in [2.05, 4.69) is 65.0 Å². The van der Waals surface area contributed by atoms with Crippen LogP contribution >= 0.6 is 0 Å². The Bertz CT molecular complexity index is 1130. The third-order valence-corrected chi connectivity index (χ3v) is 6.87. The van der Waals surface area contributed by atoms with Gasteiger partial charge in [-0.25, -0.2) is 4.57 Å². The average molecular weight is 375 g/mol. The molecule has 3 aromatic rings. The summed E-state index contributed by atoms with van der Waals surface area (Å²) in [4.78, 5) is 0. The van der Waals surface area contributed by atoms with Gasteiger partial charge in [0.25, 0.3) is 0 Å². The Labute approximate surface area is 173 Å². The van der Waals surface area contributed by atoms with Gasteiger partial charge >= 0.3 is 0 Å². The van der Waals surface area contributed by atoms with Crippen molar-refractivity contribution in [2.45, 2.75) is 66.2 Å². The van der Waals surface area contributed by atoms with Crippen LogP contribution in [-0.4, -0.2) is 0 Å². The van der Waals surface area contributed by atoms with Crippen molar-refractivity contribution in [2.75, 3.05) is 0 Å². The lowest BCUT2D eigenvalue weighted by molar-refractivity contribution is -0.659. The van der Waals surface area contributed by atoms with Gasteiger partial charge in [-0.15, -0.1) is 0 Å². The van der Waals surface area contributed by atoms with Crippen LogP contribution in [0.5, 0.6) is 0 Å². The van der Waals surface area contributed by atoms with Crippen LogP contribution in [0.3, 0.4) is 0 Å². The summed E-state index contributed by atoms with van der Waals surface area (Å²) in [6.07, 6.45) is 5.21. The highest BCUT2D eigenvalue weighted by atomic mass is 14.9. The molecule has 1 aliphatic carbocycles. The number of pyridine rings is 1. The van der Waals surface area contributed by atoms with Gasteiger partial charge in [0.2, 0.25) is 5.69 Å². The van der Waals surface area contributed by atoms with Crippen LogP contribution in [0, 0.1) is 26.2 Å². The van der Waals surface area contributed by atoms with Crippen molar-refractivity contribution < 1.29 is 7.31 Å². The van der Waals surface area contributed by atoms with Crippen LogP contribution in [0.15, 0.2) is 42.5 Å². The summed E-state index contributed by atoms with van der Waals surface area (Å²) in [6.45, 7) is 11.2. The Morgan fingerprint density at radius 3 is 2.46 bits per heavy atom. The summed E-state index contributed by atoms with van der Waals surface area (Å²) in [5.74, 6) is 0.566. The van der Waals surface area contributed by atoms with Crippen LogP contribution in [0.2, 0.25) is 0 Å². The van der Waals surface area contributed by atoms with E-state index in [-0.39, 0.29) is 6.17 Å². The maximum atomic E-state index is 8.69. The predicted octanol–water partition coefficient (Wildman–Crippen LogP) is 6.94. The Balaban J connectivity index is 1.91. The Morgan fingerprint density at radius 2 is 1.75 bits per heavy atom. The van der Waals surface area contributed by atoms with E-state index in [4.69, 9.17) is 2.74 Å². The molecule has 0 spiro atoms. The first kappa shape index (κ1) is 16.8. The first-order chi connectivity index (χ1) is 14.1. The second-order valence-electron chi connectivity index (χ2n) is 9.64. The van der Waals surface area contributed by atoms with E-state index in [1.54, 1.807) is 0 Å². The SMILES string of the molecule is [2H]c1c([2H])[n+](C)c(-c2cc(C)cc(C)c2C)c2ccc(C3CCC(C)(C)CC3)cc12. The lowest BCUT2D eigenvalue weighted by Crippen LogP contribution is -2.31. The number of fused-ring (bicyclic) bond motifs is 1. The fourth-order valence-electron chi connectivity index (χ4n) is 4.85. The molecule has 1 heteroatoms. The van der Waals surface area contributed by atoms with Gasteiger partial charge in [0, 0.05) is 6.04 Å². The van der Waals surface area contributed by atoms with E-state index >= 15 is 0 Å². The molecule has 1 aromatic heterocycles. The predicted molar refractivity (Wildman–Crippen MR) is 120 cm³/mol. The summed E-state index contributed by atoms with van der Waals surface area (Å²) < 4.78 is 19.2. The van der Waals surface area contributed by atoms with E-state index in [0.29, 0.717) is 17.4 Å². The molecule has 1 nitrogen and oxygen atoms in total. The molecule has 0 bridgehead atoms. The Morgan fingerprint density at radius 1 is 1.04 bits per heavy atom. The lowest BCUT2D eigenvalue weighted by atomic mass is 9.71. The molecule has 1 fully saturated rings. The lowest BCUT2D eigenvalue weighted by Gasteiger charge is -2.34. The van der Waals surface area contributed by atoms with Gasteiger partial charge in [0.15, 0.2) is 6.17 Å². The topological polar surface area (TPSA) is 3.88 Å². The normalized spacial score (nSPS) is 18.2. The highest BCUT2D eigenvalue weighted by Crippen LogP contribution is 2.43. The highest BCUT2D eigenvalue weighted by Gasteiger charge is 2.28. The van der Waals surface area contributed by atoms with Gasteiger partial charge in [-0.3, -0.25) is 0 Å². The number of rotatable bonds is 2. The minimum atomic E-state index is 0.276. The maximum absolute atomic E-state index is 8.69. The molecule has 0 saturated heterocycles. The smallest absolute Gasteiger partial charge is 0.200 e. The van der Waals surface area contributed by atoms with Crippen molar-refractivity contribution in [2.24, 2.45) is 12.5 Å². The molecule has 28 heavy (non-hydrogen) atoms. The summed E-state index contributed by atoms with van der Waals surface area (Å²) >= 11 is 0. The molecule has 1 heterocycles. The molecule has 4 rings (SSSR count). The second kappa shape index (κ2) is 7.03.